The summed E-state index contributed by atoms with van der Waals surface area (Å²) in [7, 11) is 0. The molecular formula is C12H13NO4. The van der Waals surface area contributed by atoms with E-state index in [9.17, 15) is 14.7 Å². The molecule has 1 atom stereocenters. The van der Waals surface area contributed by atoms with Gasteiger partial charge >= 0.3 is 6.09 Å². The number of carbonyl (C=O) groups excluding carboxylic acids is 2. The van der Waals surface area contributed by atoms with Crippen LogP contribution in [0.3, 0.4) is 0 Å². The van der Waals surface area contributed by atoms with Gasteiger partial charge < -0.3 is 9.84 Å². The summed E-state index contributed by atoms with van der Waals surface area (Å²) < 4.78 is 4.85. The van der Waals surface area contributed by atoms with Crippen LogP contribution in [0.15, 0.2) is 18.2 Å². The molecule has 1 saturated heterocycles. The number of amides is 2. The average molecular weight is 235 g/mol. The summed E-state index contributed by atoms with van der Waals surface area (Å²) in [5, 5.41) is 11.4. The number of imide groups is 1. The maximum atomic E-state index is 11.3. The van der Waals surface area contributed by atoms with Crippen LogP contribution in [-0.2, 0) is 22.4 Å². The zero-order valence-corrected chi connectivity index (χ0v) is 9.40. The number of benzene rings is 1. The van der Waals surface area contributed by atoms with Crippen LogP contribution < -0.4 is 5.32 Å². The third-order valence-corrected chi connectivity index (χ3v) is 2.74. The molecule has 0 aliphatic carbocycles. The number of carbonyl (C=O) groups is 2. The zero-order valence-electron chi connectivity index (χ0n) is 9.40. The highest BCUT2D eigenvalue weighted by atomic mass is 16.6. The number of rotatable bonds is 3. The molecule has 2 N–H and O–H groups in total. The molecule has 2 amide bonds. The molecule has 90 valence electrons. The van der Waals surface area contributed by atoms with Gasteiger partial charge in [-0.15, -0.1) is 0 Å². The van der Waals surface area contributed by atoms with E-state index in [1.807, 2.05) is 6.92 Å². The fourth-order valence-corrected chi connectivity index (χ4v) is 1.87. The van der Waals surface area contributed by atoms with E-state index >= 15 is 0 Å². The number of alkyl carbamates (subject to hydrolysis) is 1. The van der Waals surface area contributed by atoms with Crippen molar-refractivity contribution < 1.29 is 19.4 Å². The minimum Gasteiger partial charge on any atom is -0.508 e. The van der Waals surface area contributed by atoms with Crippen molar-refractivity contribution >= 4 is 12.0 Å². The maximum absolute atomic E-state index is 11.3. The molecule has 0 bridgehead atoms. The minimum atomic E-state index is -0.766. The molecule has 1 aliphatic heterocycles. The number of nitrogens with one attached hydrogen (secondary N) is 1. The van der Waals surface area contributed by atoms with E-state index < -0.39 is 18.1 Å². The Balaban J connectivity index is 2.18. The third-order valence-electron chi connectivity index (χ3n) is 2.74. The van der Waals surface area contributed by atoms with Crippen molar-refractivity contribution in [1.82, 2.24) is 5.32 Å². The van der Waals surface area contributed by atoms with E-state index in [0.29, 0.717) is 6.42 Å². The largest absolute Gasteiger partial charge is 0.508 e. The van der Waals surface area contributed by atoms with Gasteiger partial charge in [0.05, 0.1) is 0 Å². The van der Waals surface area contributed by atoms with Crippen LogP contribution in [0.25, 0.3) is 0 Å². The number of aromatic hydroxyl groups is 1. The summed E-state index contributed by atoms with van der Waals surface area (Å²) in [5.41, 5.74) is 1.85. The molecule has 1 aromatic rings. The molecule has 1 fully saturated rings. The van der Waals surface area contributed by atoms with Crippen LogP contribution in [0.5, 0.6) is 5.75 Å². The second-order valence-electron chi connectivity index (χ2n) is 3.89. The number of phenols is 1. The smallest absolute Gasteiger partial charge is 0.414 e. The molecule has 1 heterocycles. The van der Waals surface area contributed by atoms with Gasteiger partial charge in [-0.25, -0.2) is 4.79 Å². The first-order valence-electron chi connectivity index (χ1n) is 5.42. The maximum Gasteiger partial charge on any atom is 0.414 e. The predicted octanol–water partition coefficient (Wildman–Crippen LogP) is 1.13. The van der Waals surface area contributed by atoms with Crippen molar-refractivity contribution in [1.29, 1.82) is 0 Å². The summed E-state index contributed by atoms with van der Waals surface area (Å²) in [6.45, 7) is 1.96. The fourth-order valence-electron chi connectivity index (χ4n) is 1.87. The lowest BCUT2D eigenvalue weighted by Gasteiger charge is -2.10. The minimum absolute atomic E-state index is 0.193. The molecule has 17 heavy (non-hydrogen) atoms. The second-order valence-corrected chi connectivity index (χ2v) is 3.89. The standard InChI is InChI=1S/C12H13NO4/c1-2-7-5-9(14)4-3-8(7)6-10-11(15)13-12(16)17-10/h3-5,10,14H,2,6H2,1H3,(H,13,15,16). The van der Waals surface area contributed by atoms with Gasteiger partial charge in [-0.2, -0.15) is 0 Å². The Morgan fingerprint density at radius 1 is 1.35 bits per heavy atom. The SMILES string of the molecule is CCc1cc(O)ccc1CC1OC(=O)NC1=O. The van der Waals surface area contributed by atoms with Crippen LogP contribution in [0, 0.1) is 0 Å². The van der Waals surface area contributed by atoms with Gasteiger partial charge in [0.1, 0.15) is 5.75 Å². The molecular weight excluding hydrogens is 222 g/mol. The van der Waals surface area contributed by atoms with E-state index in [1.165, 1.54) is 0 Å². The molecule has 0 spiro atoms. The first kappa shape index (κ1) is 11.4. The monoisotopic (exact) mass is 235 g/mol. The van der Waals surface area contributed by atoms with Crippen LogP contribution in [0.4, 0.5) is 4.79 Å². The van der Waals surface area contributed by atoms with Gasteiger partial charge in [-0.1, -0.05) is 13.0 Å². The molecule has 0 aromatic heterocycles. The van der Waals surface area contributed by atoms with E-state index in [-0.39, 0.29) is 5.75 Å². The summed E-state index contributed by atoms with van der Waals surface area (Å²) in [5.74, 6) is -0.219. The summed E-state index contributed by atoms with van der Waals surface area (Å²) >= 11 is 0. The molecule has 1 aliphatic rings. The number of aryl methyl sites for hydroxylation is 1. The van der Waals surface area contributed by atoms with E-state index in [0.717, 1.165) is 17.5 Å². The lowest BCUT2D eigenvalue weighted by molar-refractivity contribution is -0.123. The number of hydrogen-bond donors (Lipinski definition) is 2. The molecule has 0 radical (unpaired) electrons. The molecule has 2 rings (SSSR count). The fraction of sp³-hybridized carbons (Fsp3) is 0.333. The average Bonchev–Trinajstić information content (AvgIpc) is 2.60. The zero-order chi connectivity index (χ0) is 12.4. The topological polar surface area (TPSA) is 75.6 Å². The Hall–Kier alpha value is -2.04. The van der Waals surface area contributed by atoms with Crippen LogP contribution in [-0.4, -0.2) is 23.2 Å². The first-order valence-corrected chi connectivity index (χ1v) is 5.42. The van der Waals surface area contributed by atoms with Crippen molar-refractivity contribution in [2.45, 2.75) is 25.9 Å². The van der Waals surface area contributed by atoms with Crippen molar-refractivity contribution in [3.63, 3.8) is 0 Å². The molecule has 1 aromatic carbocycles. The predicted molar refractivity (Wildman–Crippen MR) is 59.6 cm³/mol. The van der Waals surface area contributed by atoms with Crippen LogP contribution in [0.1, 0.15) is 18.1 Å². The van der Waals surface area contributed by atoms with Crippen molar-refractivity contribution in [3.05, 3.63) is 29.3 Å². The Kier molecular flexibility index (Phi) is 2.99. The Morgan fingerprint density at radius 2 is 2.12 bits per heavy atom. The number of cyclic esters (lactones) is 1. The van der Waals surface area contributed by atoms with Crippen LogP contribution >= 0.6 is 0 Å². The van der Waals surface area contributed by atoms with Crippen LogP contribution in [0.2, 0.25) is 0 Å². The Morgan fingerprint density at radius 3 is 2.71 bits per heavy atom. The quantitative estimate of drug-likeness (QED) is 0.823. The van der Waals surface area contributed by atoms with E-state index in [1.54, 1.807) is 18.2 Å². The van der Waals surface area contributed by atoms with Gasteiger partial charge in [0, 0.05) is 6.42 Å². The number of hydrogen-bond acceptors (Lipinski definition) is 4. The number of ether oxygens (including phenoxy) is 1. The lowest BCUT2D eigenvalue weighted by Crippen LogP contribution is -2.26. The van der Waals surface area contributed by atoms with Gasteiger partial charge in [-0.3, -0.25) is 10.1 Å². The number of phenolic OH excluding ortho intramolecular Hbond substituents is 1. The second kappa shape index (κ2) is 4.45. The normalized spacial score (nSPS) is 19.0. The van der Waals surface area contributed by atoms with Crippen molar-refractivity contribution in [2.24, 2.45) is 0 Å². The highest BCUT2D eigenvalue weighted by Crippen LogP contribution is 2.20. The molecule has 1 unspecified atom stereocenters. The van der Waals surface area contributed by atoms with Crippen molar-refractivity contribution in [2.75, 3.05) is 0 Å². The Labute approximate surface area is 98.4 Å². The van der Waals surface area contributed by atoms with Crippen molar-refractivity contribution in [3.8, 4) is 5.75 Å². The van der Waals surface area contributed by atoms with E-state index in [2.05, 4.69) is 5.32 Å². The van der Waals surface area contributed by atoms with Gasteiger partial charge in [0.2, 0.25) is 0 Å². The van der Waals surface area contributed by atoms with Gasteiger partial charge in [0.15, 0.2) is 6.10 Å². The van der Waals surface area contributed by atoms with E-state index in [4.69, 9.17) is 4.74 Å². The first-order chi connectivity index (χ1) is 8.10. The molecule has 5 heteroatoms. The van der Waals surface area contributed by atoms with Gasteiger partial charge in [-0.05, 0) is 29.7 Å². The highest BCUT2D eigenvalue weighted by molar-refractivity contribution is 6.00. The Bertz CT molecular complexity index is 470. The van der Waals surface area contributed by atoms with Gasteiger partial charge in [0.25, 0.3) is 5.91 Å². The highest BCUT2D eigenvalue weighted by Gasteiger charge is 2.32. The third kappa shape index (κ3) is 2.38. The molecule has 0 saturated carbocycles. The summed E-state index contributed by atoms with van der Waals surface area (Å²) in [6.07, 6.45) is -0.387. The molecule has 5 nitrogen and oxygen atoms in total. The lowest BCUT2D eigenvalue weighted by atomic mass is 9.99. The summed E-state index contributed by atoms with van der Waals surface area (Å²) in [6, 6.07) is 4.96. The summed E-state index contributed by atoms with van der Waals surface area (Å²) in [4.78, 5) is 22.2.